The molecule has 342 valence electrons. The van der Waals surface area contributed by atoms with Crippen LogP contribution in [0, 0.1) is 41.5 Å². The molecule has 0 amide bonds. The molecule has 0 saturated heterocycles. The molecule has 3 aliphatic heterocycles. The number of hydrogen-bond acceptors (Lipinski definition) is 7. The van der Waals surface area contributed by atoms with E-state index in [0.717, 1.165) is 141 Å². The van der Waals surface area contributed by atoms with Crippen LogP contribution in [0.4, 0.5) is 5.69 Å². The maximum absolute atomic E-state index is 13.0. The average molecular weight is 1080 g/mol. The van der Waals surface area contributed by atoms with Crippen LogP contribution in [0.15, 0.2) is 98.3 Å². The maximum Gasteiger partial charge on any atom is 0.340 e. The zero-order valence-electron chi connectivity index (χ0n) is 39.4. The van der Waals surface area contributed by atoms with Gasteiger partial charge in [-0.3, -0.25) is 0 Å². The third kappa shape index (κ3) is 7.68. The molecule has 4 aliphatic rings. The standard InChI is InChI=1S/C28H28Br2NO3.C27H27NO3.BrH/c1-7-31(8-2)25-17(5)27-21(14-23(25)30)24(18-11-9-10-12-19(18)28(32)33-6)20-13-22(29)15(3)16(4)26(20)34-27;1-6-28(7-2)23-15-14-22-25(18(23)5)30-24-17(4)16(3)12-13-21(24)27(22)20-11-9-8-10-19(20)26(29)31-27;/h9-14H,7-8H2,1-6H3;8-15H,6-7H2,1-5H3;1H/q+1;;/p-1. The van der Waals surface area contributed by atoms with Crippen molar-refractivity contribution in [2.45, 2.75) is 74.8 Å². The predicted octanol–water partition coefficient (Wildman–Crippen LogP) is 10.3. The van der Waals surface area contributed by atoms with Crippen molar-refractivity contribution in [1.82, 2.24) is 4.58 Å². The van der Waals surface area contributed by atoms with E-state index in [0.29, 0.717) is 11.1 Å². The molecule has 1 aliphatic carbocycles. The van der Waals surface area contributed by atoms with Gasteiger partial charge in [0.1, 0.15) is 35.9 Å². The molecular formula is C55H55Br3N2O6. The Bertz CT molecular complexity index is 3130. The summed E-state index contributed by atoms with van der Waals surface area (Å²) >= 11 is 7.57. The number of hydrogen-bond donors (Lipinski definition) is 0. The summed E-state index contributed by atoms with van der Waals surface area (Å²) in [6, 6.07) is 27.8. The minimum Gasteiger partial charge on any atom is -1.00 e. The molecule has 5 aromatic carbocycles. The highest BCUT2D eigenvalue weighted by atomic mass is 79.9. The summed E-state index contributed by atoms with van der Waals surface area (Å²) in [5.74, 6) is 1.73. The number of ether oxygens (including phenoxy) is 3. The highest BCUT2D eigenvalue weighted by molar-refractivity contribution is 9.10. The van der Waals surface area contributed by atoms with Gasteiger partial charge in [-0.1, -0.05) is 64.5 Å². The lowest BCUT2D eigenvalue weighted by Crippen LogP contribution is -3.00. The molecular weight excluding hydrogens is 1020 g/mol. The number of anilines is 1. The average Bonchev–Trinajstić information content (AvgIpc) is 3.60. The highest BCUT2D eigenvalue weighted by Crippen LogP contribution is 2.58. The van der Waals surface area contributed by atoms with Crippen molar-refractivity contribution < 1.29 is 45.2 Å². The fourth-order valence-corrected chi connectivity index (χ4v) is 11.1. The van der Waals surface area contributed by atoms with Gasteiger partial charge in [-0.2, -0.15) is 0 Å². The van der Waals surface area contributed by atoms with E-state index >= 15 is 0 Å². The lowest BCUT2D eigenvalue weighted by Gasteiger charge is -2.39. The Hall–Kier alpha value is -5.23. The third-order valence-electron chi connectivity index (χ3n) is 13.5. The second-order valence-corrected chi connectivity index (χ2v) is 18.5. The number of carbonyl (C=O) groups excluding carboxylic acids is 2. The quantitative estimate of drug-likeness (QED) is 0.0894. The van der Waals surface area contributed by atoms with Gasteiger partial charge in [-0.05, 0) is 149 Å². The van der Waals surface area contributed by atoms with E-state index in [1.807, 2.05) is 54.6 Å². The number of fused-ring (bicyclic) bond motifs is 8. The van der Waals surface area contributed by atoms with Crippen LogP contribution in [0.2, 0.25) is 0 Å². The summed E-state index contributed by atoms with van der Waals surface area (Å²) in [7, 11) is 1.41. The summed E-state index contributed by atoms with van der Waals surface area (Å²) < 4.78 is 29.0. The molecule has 9 rings (SSSR count). The van der Waals surface area contributed by atoms with Gasteiger partial charge in [0.15, 0.2) is 5.60 Å². The smallest absolute Gasteiger partial charge is 0.340 e. The molecule has 11 heteroatoms. The minimum absolute atomic E-state index is 0. The van der Waals surface area contributed by atoms with Crippen LogP contribution in [0.3, 0.4) is 0 Å². The Balaban J connectivity index is 0.000000194. The van der Waals surface area contributed by atoms with Gasteiger partial charge in [-0.15, -0.1) is 0 Å². The zero-order valence-corrected chi connectivity index (χ0v) is 44.1. The Morgan fingerprint density at radius 2 is 1.32 bits per heavy atom. The van der Waals surface area contributed by atoms with E-state index in [4.69, 9.17) is 18.6 Å². The highest BCUT2D eigenvalue weighted by Gasteiger charge is 2.54. The van der Waals surface area contributed by atoms with Gasteiger partial charge >= 0.3 is 11.9 Å². The molecule has 0 bridgehead atoms. The molecule has 0 N–H and O–H groups in total. The molecule has 5 aromatic rings. The molecule has 0 fully saturated rings. The first-order valence-electron chi connectivity index (χ1n) is 22.3. The molecule has 8 nitrogen and oxygen atoms in total. The van der Waals surface area contributed by atoms with Crippen molar-refractivity contribution >= 4 is 60.5 Å². The van der Waals surface area contributed by atoms with Crippen LogP contribution in [0.5, 0.6) is 11.5 Å². The Morgan fingerprint density at radius 3 is 1.97 bits per heavy atom. The molecule has 0 saturated carbocycles. The normalized spacial score (nSPS) is 14.3. The SMILES string of the molecule is CCN(CC)c1ccc2c(c1C)Oc1c(ccc(C)c1C)C21OC(=O)c2ccccc21.CC[N+](CC)=c1c(Br)cc2c(-c3ccccc3C(=O)OC)c3cc(Br)c(C)c(C)c3oc-2c1C.[Br-]. The monoisotopic (exact) mass is 1080 g/mol. The van der Waals surface area contributed by atoms with E-state index in [2.05, 4.69) is 141 Å². The summed E-state index contributed by atoms with van der Waals surface area (Å²) in [6.07, 6.45) is 0. The van der Waals surface area contributed by atoms with Crippen LogP contribution < -0.4 is 36.6 Å². The van der Waals surface area contributed by atoms with Gasteiger partial charge in [0.25, 0.3) is 0 Å². The molecule has 1 unspecified atom stereocenters. The molecule has 3 heterocycles. The summed E-state index contributed by atoms with van der Waals surface area (Å²) in [5.41, 5.74) is 14.0. The van der Waals surface area contributed by atoms with Crippen molar-refractivity contribution in [3.05, 3.63) is 160 Å². The Kier molecular flexibility index (Phi) is 14.1. The first-order valence-corrected chi connectivity index (χ1v) is 23.9. The molecule has 1 spiro atoms. The number of benzene rings is 6. The number of methoxy groups -OCH3 is 1. The van der Waals surface area contributed by atoms with Gasteiger partial charge in [0.05, 0.1) is 28.3 Å². The number of nitrogens with zero attached hydrogens (tertiary/aromatic N) is 2. The maximum atomic E-state index is 13.0. The molecule has 0 aromatic heterocycles. The van der Waals surface area contributed by atoms with Gasteiger partial charge in [0.2, 0.25) is 5.36 Å². The lowest BCUT2D eigenvalue weighted by molar-refractivity contribution is -0.0000700. The second-order valence-electron chi connectivity index (χ2n) is 16.7. The summed E-state index contributed by atoms with van der Waals surface area (Å²) in [6.45, 7) is 24.7. The van der Waals surface area contributed by atoms with Gasteiger partial charge < -0.3 is 40.5 Å². The topological polar surface area (TPSA) is 81.2 Å². The van der Waals surface area contributed by atoms with Crippen molar-refractivity contribution in [2.75, 3.05) is 38.2 Å². The van der Waals surface area contributed by atoms with Gasteiger partial charge in [0, 0.05) is 62.0 Å². The number of esters is 2. The predicted molar refractivity (Wildman–Crippen MR) is 268 cm³/mol. The number of carbonyl (C=O) groups is 2. The minimum atomic E-state index is -0.998. The third-order valence-corrected chi connectivity index (χ3v) is 15.0. The van der Waals surface area contributed by atoms with Crippen LogP contribution >= 0.6 is 31.9 Å². The lowest BCUT2D eigenvalue weighted by atomic mass is 9.76. The van der Waals surface area contributed by atoms with Crippen LogP contribution in [-0.4, -0.2) is 45.2 Å². The van der Waals surface area contributed by atoms with Crippen molar-refractivity contribution in [1.29, 1.82) is 0 Å². The largest absolute Gasteiger partial charge is 1.00 e. The number of aryl methyl sites for hydroxylation is 2. The molecule has 0 radical (unpaired) electrons. The Morgan fingerprint density at radius 1 is 0.697 bits per heavy atom. The van der Waals surface area contributed by atoms with E-state index in [9.17, 15) is 9.59 Å². The van der Waals surface area contributed by atoms with Crippen molar-refractivity contribution in [3.8, 4) is 33.9 Å². The van der Waals surface area contributed by atoms with Crippen LogP contribution in [0.1, 0.15) is 98.5 Å². The first kappa shape index (κ1) is 48.7. The molecule has 66 heavy (non-hydrogen) atoms. The molecule has 1 atom stereocenters. The van der Waals surface area contributed by atoms with E-state index in [1.54, 1.807) is 0 Å². The van der Waals surface area contributed by atoms with Crippen LogP contribution in [-0.2, 0) is 15.1 Å². The second kappa shape index (κ2) is 19.2. The summed E-state index contributed by atoms with van der Waals surface area (Å²) in [4.78, 5) is 28.1. The van der Waals surface area contributed by atoms with E-state index in [1.165, 1.54) is 7.11 Å². The Labute approximate surface area is 415 Å². The first-order chi connectivity index (χ1) is 31.2. The number of halogens is 3. The van der Waals surface area contributed by atoms with E-state index in [-0.39, 0.29) is 28.9 Å². The van der Waals surface area contributed by atoms with Gasteiger partial charge in [-0.25, -0.2) is 14.2 Å². The fourth-order valence-electron chi connectivity index (χ4n) is 9.75. The van der Waals surface area contributed by atoms with Crippen molar-refractivity contribution in [2.24, 2.45) is 0 Å². The van der Waals surface area contributed by atoms with Crippen LogP contribution in [0.25, 0.3) is 33.4 Å². The zero-order chi connectivity index (χ0) is 46.6. The summed E-state index contributed by atoms with van der Waals surface area (Å²) in [5, 5.41) is 2.07. The fraction of sp³-hybridized carbons (Fsp3) is 0.291. The van der Waals surface area contributed by atoms with E-state index < -0.39 is 5.60 Å². The van der Waals surface area contributed by atoms with Crippen molar-refractivity contribution in [3.63, 3.8) is 0 Å². The number of rotatable bonds is 7.